The maximum atomic E-state index is 13.8. The molecule has 1 unspecified atom stereocenters. The van der Waals surface area contributed by atoms with Crippen LogP contribution in [0.4, 0.5) is 10.1 Å². The van der Waals surface area contributed by atoms with Crippen LogP contribution in [-0.2, 0) is 9.53 Å². The molecule has 1 N–H and O–H groups in total. The number of benzene rings is 2. The van der Waals surface area contributed by atoms with Crippen LogP contribution in [0.1, 0.15) is 47.5 Å². The number of thiophene rings is 1. The highest BCUT2D eigenvalue weighted by Crippen LogP contribution is 2.29. The molecule has 0 aliphatic rings. The molecule has 0 spiro atoms. The smallest absolute Gasteiger partial charge is 0.349 e. The SMILES string of the molecule is Cc1cccc(C(C)C)c1NC(=O)C(C)OC(=O)c1cc2c(F)cccc2s1. The number of hydrogen-bond acceptors (Lipinski definition) is 4. The topological polar surface area (TPSA) is 55.4 Å². The first-order valence-corrected chi connectivity index (χ1v) is 9.89. The van der Waals surface area contributed by atoms with Crippen LogP contribution in [0.5, 0.6) is 0 Å². The Morgan fingerprint density at radius 2 is 1.82 bits per heavy atom. The zero-order valence-corrected chi connectivity index (χ0v) is 17.0. The highest BCUT2D eigenvalue weighted by Gasteiger charge is 2.22. The standard InChI is InChI=1S/C22H22FNO3S/c1-12(2)15-8-5-7-13(3)20(15)24-21(25)14(4)27-22(26)19-11-16-17(23)9-6-10-18(16)28-19/h5-12,14H,1-4H3,(H,24,25). The molecule has 1 atom stereocenters. The molecule has 0 saturated carbocycles. The Morgan fingerprint density at radius 3 is 2.50 bits per heavy atom. The minimum absolute atomic E-state index is 0.238. The molecule has 28 heavy (non-hydrogen) atoms. The number of fused-ring (bicyclic) bond motifs is 1. The van der Waals surface area contributed by atoms with Crippen molar-refractivity contribution in [3.63, 3.8) is 0 Å². The molecule has 3 rings (SSSR count). The number of nitrogens with one attached hydrogen (secondary N) is 1. The van der Waals surface area contributed by atoms with E-state index < -0.39 is 18.0 Å². The molecule has 4 nitrogen and oxygen atoms in total. The van der Waals surface area contributed by atoms with Gasteiger partial charge in [-0.1, -0.05) is 38.1 Å². The van der Waals surface area contributed by atoms with E-state index in [0.717, 1.165) is 28.2 Å². The third kappa shape index (κ3) is 4.07. The van der Waals surface area contributed by atoms with Gasteiger partial charge in [-0.25, -0.2) is 9.18 Å². The molecule has 0 bridgehead atoms. The van der Waals surface area contributed by atoms with Crippen molar-refractivity contribution in [2.75, 3.05) is 5.32 Å². The van der Waals surface area contributed by atoms with Gasteiger partial charge in [-0.05, 0) is 49.1 Å². The van der Waals surface area contributed by atoms with Crippen molar-refractivity contribution < 1.29 is 18.7 Å². The first kappa shape index (κ1) is 20.0. The van der Waals surface area contributed by atoms with Gasteiger partial charge in [-0.3, -0.25) is 4.79 Å². The number of aryl methyl sites for hydroxylation is 1. The van der Waals surface area contributed by atoms with Crippen LogP contribution in [0.25, 0.3) is 10.1 Å². The lowest BCUT2D eigenvalue weighted by molar-refractivity contribution is -0.123. The minimum Gasteiger partial charge on any atom is -0.448 e. The molecular weight excluding hydrogens is 377 g/mol. The quantitative estimate of drug-likeness (QED) is 0.564. The summed E-state index contributed by atoms with van der Waals surface area (Å²) in [7, 11) is 0. The highest BCUT2D eigenvalue weighted by molar-refractivity contribution is 7.20. The van der Waals surface area contributed by atoms with E-state index in [1.807, 2.05) is 25.1 Å². The third-order valence-electron chi connectivity index (χ3n) is 4.54. The number of hydrogen-bond donors (Lipinski definition) is 1. The van der Waals surface area contributed by atoms with Gasteiger partial charge in [0.05, 0.1) is 0 Å². The van der Waals surface area contributed by atoms with Gasteiger partial charge in [-0.2, -0.15) is 0 Å². The lowest BCUT2D eigenvalue weighted by atomic mass is 9.98. The average Bonchev–Trinajstić information content (AvgIpc) is 3.09. The summed E-state index contributed by atoms with van der Waals surface area (Å²) < 4.78 is 19.8. The molecule has 6 heteroatoms. The van der Waals surface area contributed by atoms with Crippen LogP contribution in [-0.4, -0.2) is 18.0 Å². The zero-order valence-electron chi connectivity index (χ0n) is 16.2. The molecule has 2 aromatic carbocycles. The van der Waals surface area contributed by atoms with E-state index >= 15 is 0 Å². The molecule has 1 heterocycles. The van der Waals surface area contributed by atoms with E-state index in [2.05, 4.69) is 19.2 Å². The van der Waals surface area contributed by atoms with Crippen LogP contribution >= 0.6 is 11.3 Å². The molecule has 146 valence electrons. The Hall–Kier alpha value is -2.73. The summed E-state index contributed by atoms with van der Waals surface area (Å²) in [5.74, 6) is -1.20. The largest absolute Gasteiger partial charge is 0.448 e. The van der Waals surface area contributed by atoms with Crippen molar-refractivity contribution in [3.8, 4) is 0 Å². The van der Waals surface area contributed by atoms with Crippen LogP contribution in [0.2, 0.25) is 0 Å². The van der Waals surface area contributed by atoms with Gasteiger partial charge in [0.25, 0.3) is 5.91 Å². The van der Waals surface area contributed by atoms with Crippen molar-refractivity contribution in [1.82, 2.24) is 0 Å². The number of ether oxygens (including phenoxy) is 1. The fourth-order valence-electron chi connectivity index (χ4n) is 2.97. The van der Waals surface area contributed by atoms with Crippen molar-refractivity contribution in [3.05, 3.63) is 64.3 Å². The van der Waals surface area contributed by atoms with E-state index in [1.165, 1.54) is 19.1 Å². The second-order valence-electron chi connectivity index (χ2n) is 6.99. The Morgan fingerprint density at radius 1 is 1.11 bits per heavy atom. The second kappa shape index (κ2) is 8.10. The number of para-hydroxylation sites is 1. The van der Waals surface area contributed by atoms with Gasteiger partial charge >= 0.3 is 5.97 Å². The Kier molecular flexibility index (Phi) is 5.79. The lowest BCUT2D eigenvalue weighted by Gasteiger charge is -2.18. The summed E-state index contributed by atoms with van der Waals surface area (Å²) in [4.78, 5) is 25.3. The van der Waals surface area contributed by atoms with Crippen molar-refractivity contribution >= 4 is 39.0 Å². The lowest BCUT2D eigenvalue weighted by Crippen LogP contribution is -2.30. The number of anilines is 1. The first-order chi connectivity index (χ1) is 13.3. The summed E-state index contributed by atoms with van der Waals surface area (Å²) in [6, 6.07) is 12.0. The van der Waals surface area contributed by atoms with E-state index in [-0.39, 0.29) is 16.6 Å². The summed E-state index contributed by atoms with van der Waals surface area (Å²) >= 11 is 1.14. The van der Waals surface area contributed by atoms with Gasteiger partial charge in [0.2, 0.25) is 0 Å². The molecule has 1 amide bonds. The maximum Gasteiger partial charge on any atom is 0.349 e. The van der Waals surface area contributed by atoms with Crippen molar-refractivity contribution in [1.29, 1.82) is 0 Å². The Labute approximate surface area is 167 Å². The van der Waals surface area contributed by atoms with Gasteiger partial charge in [0, 0.05) is 15.8 Å². The van der Waals surface area contributed by atoms with Gasteiger partial charge in [0.1, 0.15) is 10.7 Å². The number of halogens is 1. The maximum absolute atomic E-state index is 13.8. The second-order valence-corrected chi connectivity index (χ2v) is 8.08. The van der Waals surface area contributed by atoms with E-state index in [1.54, 1.807) is 12.1 Å². The van der Waals surface area contributed by atoms with Crippen molar-refractivity contribution in [2.45, 2.75) is 39.7 Å². The Balaban J connectivity index is 1.74. The monoisotopic (exact) mass is 399 g/mol. The van der Waals surface area contributed by atoms with Crippen LogP contribution < -0.4 is 5.32 Å². The van der Waals surface area contributed by atoms with E-state index in [4.69, 9.17) is 4.74 Å². The molecule has 1 aromatic heterocycles. The number of carbonyl (C=O) groups excluding carboxylic acids is 2. The summed E-state index contributed by atoms with van der Waals surface area (Å²) in [5.41, 5.74) is 2.71. The van der Waals surface area contributed by atoms with Gasteiger partial charge in [0.15, 0.2) is 6.10 Å². The summed E-state index contributed by atoms with van der Waals surface area (Å²) in [5, 5.41) is 3.25. The van der Waals surface area contributed by atoms with Crippen LogP contribution in [0.3, 0.4) is 0 Å². The van der Waals surface area contributed by atoms with Gasteiger partial charge < -0.3 is 10.1 Å². The third-order valence-corrected chi connectivity index (χ3v) is 5.62. The van der Waals surface area contributed by atoms with Crippen LogP contribution in [0.15, 0.2) is 42.5 Å². The summed E-state index contributed by atoms with van der Waals surface area (Å²) in [6.45, 7) is 7.54. The normalized spacial score (nSPS) is 12.2. The van der Waals surface area contributed by atoms with Gasteiger partial charge in [-0.15, -0.1) is 11.3 Å². The highest BCUT2D eigenvalue weighted by atomic mass is 32.1. The molecule has 0 aliphatic carbocycles. The predicted octanol–water partition coefficient (Wildman–Crippen LogP) is 5.66. The number of carbonyl (C=O) groups is 2. The van der Waals surface area contributed by atoms with E-state index in [9.17, 15) is 14.0 Å². The molecule has 0 aliphatic heterocycles. The van der Waals surface area contributed by atoms with Crippen molar-refractivity contribution in [2.24, 2.45) is 0 Å². The minimum atomic E-state index is -0.984. The van der Waals surface area contributed by atoms with E-state index in [0.29, 0.717) is 10.1 Å². The molecule has 0 radical (unpaired) electrons. The number of esters is 1. The zero-order chi connectivity index (χ0) is 20.4. The number of rotatable bonds is 5. The fourth-order valence-corrected chi connectivity index (χ4v) is 3.92. The molecule has 3 aromatic rings. The van der Waals surface area contributed by atoms with Crippen LogP contribution in [0, 0.1) is 12.7 Å². The molecule has 0 saturated heterocycles. The molecule has 0 fully saturated rings. The first-order valence-electron chi connectivity index (χ1n) is 9.07. The average molecular weight is 399 g/mol. The fraction of sp³-hybridized carbons (Fsp3) is 0.273. The Bertz CT molecular complexity index is 1040. The molecular formula is C22H22FNO3S. The summed E-state index contributed by atoms with van der Waals surface area (Å²) in [6.07, 6.45) is -0.984. The predicted molar refractivity (Wildman–Crippen MR) is 111 cm³/mol. The number of amides is 1.